The molecule has 1 fully saturated rings. The van der Waals surface area contributed by atoms with Gasteiger partial charge in [0.2, 0.25) is 11.8 Å². The minimum Gasteiger partial charge on any atom is -0.469 e. The first kappa shape index (κ1) is 27.2. The van der Waals surface area contributed by atoms with Crippen LogP contribution in [-0.2, 0) is 4.74 Å². The number of hydrogen-bond donors (Lipinski definition) is 2. The van der Waals surface area contributed by atoms with Gasteiger partial charge in [0.25, 0.3) is 5.91 Å². The first-order valence-corrected chi connectivity index (χ1v) is 13.0. The zero-order valence-corrected chi connectivity index (χ0v) is 22.8. The fourth-order valence-electron chi connectivity index (χ4n) is 4.69. The van der Waals surface area contributed by atoms with Gasteiger partial charge in [0, 0.05) is 31.0 Å². The maximum atomic E-state index is 15.4. The third-order valence-electron chi connectivity index (χ3n) is 6.61. The Hall–Kier alpha value is -4.39. The highest BCUT2D eigenvalue weighted by molar-refractivity contribution is 6.03. The zero-order chi connectivity index (χ0) is 28.4. The minimum absolute atomic E-state index is 0.0163. The van der Waals surface area contributed by atoms with Crippen LogP contribution in [0.25, 0.3) is 11.3 Å². The number of aromatic nitrogens is 4. The van der Waals surface area contributed by atoms with Crippen molar-refractivity contribution in [1.29, 1.82) is 0 Å². The molecule has 3 aromatic rings. The van der Waals surface area contributed by atoms with Crippen molar-refractivity contribution in [3.05, 3.63) is 48.2 Å². The van der Waals surface area contributed by atoms with E-state index in [-0.39, 0.29) is 40.6 Å². The molecule has 2 aliphatic heterocycles. The molecule has 4 heterocycles. The van der Waals surface area contributed by atoms with Crippen LogP contribution in [0.3, 0.4) is 0 Å². The van der Waals surface area contributed by atoms with Crippen molar-refractivity contribution >= 4 is 29.4 Å². The lowest BCUT2D eigenvalue weighted by molar-refractivity contribution is 0.0541. The molecule has 0 radical (unpaired) electrons. The molecular formula is C27H31FN8O4. The van der Waals surface area contributed by atoms with Crippen LogP contribution in [0.2, 0.25) is 0 Å². The van der Waals surface area contributed by atoms with Gasteiger partial charge in [-0.25, -0.2) is 19.2 Å². The summed E-state index contributed by atoms with van der Waals surface area (Å²) in [7, 11) is 0. The highest BCUT2D eigenvalue weighted by Gasteiger charge is 2.38. The number of benzene rings is 1. The quantitative estimate of drug-likeness (QED) is 0.489. The van der Waals surface area contributed by atoms with E-state index >= 15 is 4.39 Å². The third kappa shape index (κ3) is 5.64. The molecule has 2 aliphatic rings. The maximum absolute atomic E-state index is 15.4. The van der Waals surface area contributed by atoms with Crippen LogP contribution < -0.4 is 20.3 Å². The van der Waals surface area contributed by atoms with Gasteiger partial charge in [-0.1, -0.05) is 6.07 Å². The van der Waals surface area contributed by atoms with E-state index in [1.807, 2.05) is 32.6 Å². The number of carbonyl (C=O) groups is 2. The molecule has 1 saturated heterocycles. The SMILES string of the molecule is CCN1CC(C)(C)Oc2nc(N3CCOCC3C)nc(-c3ccc(NC(=O)Nc4cnccn4)c(F)c3)c2C1=O. The summed E-state index contributed by atoms with van der Waals surface area (Å²) in [6.07, 6.45) is 4.26. The number of morpholine rings is 1. The second-order valence-corrected chi connectivity index (χ2v) is 10.2. The predicted molar refractivity (Wildman–Crippen MR) is 146 cm³/mol. The molecule has 0 bridgehead atoms. The van der Waals surface area contributed by atoms with E-state index in [1.165, 1.54) is 30.7 Å². The van der Waals surface area contributed by atoms with Crippen molar-refractivity contribution in [2.75, 3.05) is 48.4 Å². The van der Waals surface area contributed by atoms with Crippen LogP contribution in [0.5, 0.6) is 5.88 Å². The Bertz CT molecular complexity index is 1420. The first-order valence-electron chi connectivity index (χ1n) is 13.0. The van der Waals surface area contributed by atoms with Crippen LogP contribution in [0.1, 0.15) is 38.1 Å². The number of anilines is 3. The molecule has 13 heteroatoms. The molecule has 0 aliphatic carbocycles. The number of likely N-dealkylation sites (N-methyl/N-ethyl adjacent to an activating group) is 1. The van der Waals surface area contributed by atoms with Gasteiger partial charge in [-0.2, -0.15) is 4.98 Å². The van der Waals surface area contributed by atoms with Crippen molar-refractivity contribution in [3.8, 4) is 17.1 Å². The molecular weight excluding hydrogens is 519 g/mol. The summed E-state index contributed by atoms with van der Waals surface area (Å²) in [6, 6.07) is 3.53. The van der Waals surface area contributed by atoms with Crippen LogP contribution in [0.15, 0.2) is 36.8 Å². The van der Waals surface area contributed by atoms with E-state index in [4.69, 9.17) is 14.5 Å². The van der Waals surface area contributed by atoms with Gasteiger partial charge in [-0.3, -0.25) is 15.1 Å². The Morgan fingerprint density at radius 3 is 2.75 bits per heavy atom. The van der Waals surface area contributed by atoms with E-state index in [1.54, 1.807) is 11.0 Å². The van der Waals surface area contributed by atoms with Gasteiger partial charge < -0.3 is 24.6 Å². The van der Waals surface area contributed by atoms with E-state index in [0.717, 1.165) is 0 Å². The Kier molecular flexibility index (Phi) is 7.48. The normalized spacial score (nSPS) is 18.4. The Balaban J connectivity index is 1.55. The van der Waals surface area contributed by atoms with Gasteiger partial charge in [0.05, 0.1) is 43.4 Å². The monoisotopic (exact) mass is 550 g/mol. The zero-order valence-electron chi connectivity index (χ0n) is 22.8. The number of ether oxygens (including phenoxy) is 2. The summed E-state index contributed by atoms with van der Waals surface area (Å²) in [4.78, 5) is 47.1. The number of hydrogen-bond acceptors (Lipinski definition) is 9. The van der Waals surface area contributed by atoms with Crippen molar-refractivity contribution in [3.63, 3.8) is 0 Å². The predicted octanol–water partition coefficient (Wildman–Crippen LogP) is 3.57. The van der Waals surface area contributed by atoms with Gasteiger partial charge >= 0.3 is 6.03 Å². The summed E-state index contributed by atoms with van der Waals surface area (Å²) in [5.41, 5.74) is -0.0320. The lowest BCUT2D eigenvalue weighted by atomic mass is 10.0. The molecule has 0 saturated carbocycles. The maximum Gasteiger partial charge on any atom is 0.324 e. The van der Waals surface area contributed by atoms with Crippen LogP contribution in [0, 0.1) is 5.82 Å². The fraction of sp³-hybridized carbons (Fsp3) is 0.407. The average Bonchev–Trinajstić information content (AvgIpc) is 3.02. The number of urea groups is 1. The number of nitrogens with zero attached hydrogens (tertiary/aromatic N) is 6. The molecule has 210 valence electrons. The van der Waals surface area contributed by atoms with Gasteiger partial charge in [0.15, 0.2) is 5.82 Å². The Labute approximate surface area is 230 Å². The topological polar surface area (TPSA) is 135 Å². The summed E-state index contributed by atoms with van der Waals surface area (Å²) in [5, 5.41) is 4.96. The number of fused-ring (bicyclic) bond motifs is 1. The highest BCUT2D eigenvalue weighted by atomic mass is 19.1. The largest absolute Gasteiger partial charge is 0.469 e. The number of nitrogens with one attached hydrogen (secondary N) is 2. The van der Waals surface area contributed by atoms with Crippen LogP contribution >= 0.6 is 0 Å². The van der Waals surface area contributed by atoms with Crippen molar-refractivity contribution in [2.45, 2.75) is 39.3 Å². The number of carbonyl (C=O) groups excluding carboxylic acids is 2. The van der Waals surface area contributed by atoms with Gasteiger partial charge in [0.1, 0.15) is 17.0 Å². The summed E-state index contributed by atoms with van der Waals surface area (Å²) >= 11 is 0. The Morgan fingerprint density at radius 1 is 1.23 bits per heavy atom. The van der Waals surface area contributed by atoms with Crippen molar-refractivity contribution in [1.82, 2.24) is 24.8 Å². The van der Waals surface area contributed by atoms with Crippen molar-refractivity contribution < 1.29 is 23.5 Å². The summed E-state index contributed by atoms with van der Waals surface area (Å²) < 4.78 is 27.2. The molecule has 2 N–H and O–H groups in total. The average molecular weight is 551 g/mol. The van der Waals surface area contributed by atoms with Crippen LogP contribution in [0.4, 0.5) is 26.6 Å². The lowest BCUT2D eigenvalue weighted by Gasteiger charge is -2.34. The fourth-order valence-corrected chi connectivity index (χ4v) is 4.69. The second kappa shape index (κ2) is 11.0. The molecule has 2 aromatic heterocycles. The molecule has 12 nitrogen and oxygen atoms in total. The molecule has 5 rings (SSSR count). The Morgan fingerprint density at radius 2 is 2.05 bits per heavy atom. The molecule has 40 heavy (non-hydrogen) atoms. The van der Waals surface area contributed by atoms with Gasteiger partial charge in [-0.15, -0.1) is 0 Å². The summed E-state index contributed by atoms with van der Waals surface area (Å²) in [6.45, 7) is 10.0. The van der Waals surface area contributed by atoms with Gasteiger partial charge in [-0.05, 0) is 39.8 Å². The second-order valence-electron chi connectivity index (χ2n) is 10.2. The van der Waals surface area contributed by atoms with E-state index in [2.05, 4.69) is 25.6 Å². The van der Waals surface area contributed by atoms with E-state index < -0.39 is 17.4 Å². The molecule has 1 aromatic carbocycles. The molecule has 1 unspecified atom stereocenters. The number of amides is 3. The standard InChI is InChI=1S/C27H31FN8O4/c1-5-35-15-27(3,4)40-23-21(24(35)37)22(33-25(34-23)36-10-11-39-14-16(36)2)17-6-7-19(18(28)12-17)31-26(38)32-20-13-29-8-9-30-20/h6-9,12-13,16H,5,10-11,14-15H2,1-4H3,(H2,30,31,32,38). The molecule has 0 spiro atoms. The first-order chi connectivity index (χ1) is 19.1. The summed E-state index contributed by atoms with van der Waals surface area (Å²) in [5.74, 6) is -0.284. The smallest absolute Gasteiger partial charge is 0.324 e. The lowest BCUT2D eigenvalue weighted by Crippen LogP contribution is -2.44. The number of rotatable bonds is 5. The van der Waals surface area contributed by atoms with E-state index in [0.29, 0.717) is 44.4 Å². The molecule has 1 atom stereocenters. The molecule has 3 amide bonds. The minimum atomic E-state index is -0.716. The van der Waals surface area contributed by atoms with Crippen LogP contribution in [-0.4, -0.2) is 81.3 Å². The number of halogens is 1. The third-order valence-corrected chi connectivity index (χ3v) is 6.61. The van der Waals surface area contributed by atoms with E-state index in [9.17, 15) is 9.59 Å². The van der Waals surface area contributed by atoms with Crippen molar-refractivity contribution in [2.24, 2.45) is 0 Å². The highest BCUT2D eigenvalue weighted by Crippen LogP contribution is 2.37.